The maximum absolute atomic E-state index is 12.7. The normalized spacial score (nSPS) is 16.8. The molecule has 0 bridgehead atoms. The van der Waals surface area contributed by atoms with Crippen molar-refractivity contribution in [1.29, 1.82) is 0 Å². The molecule has 0 spiro atoms. The van der Waals surface area contributed by atoms with Crippen LogP contribution in [0.5, 0.6) is 0 Å². The van der Waals surface area contributed by atoms with E-state index in [0.29, 0.717) is 19.1 Å². The summed E-state index contributed by atoms with van der Waals surface area (Å²) in [6, 6.07) is 12.8. The van der Waals surface area contributed by atoms with Crippen LogP contribution in [-0.4, -0.2) is 19.1 Å². The Kier molecular flexibility index (Phi) is 6.27. The first-order chi connectivity index (χ1) is 12.1. The van der Waals surface area contributed by atoms with Crippen LogP contribution >= 0.6 is 11.3 Å². The third-order valence-electron chi connectivity index (χ3n) is 4.66. The van der Waals surface area contributed by atoms with E-state index >= 15 is 0 Å². The van der Waals surface area contributed by atoms with E-state index in [1.54, 1.807) is 11.3 Å². The highest BCUT2D eigenvalue weighted by atomic mass is 32.1. The van der Waals surface area contributed by atoms with E-state index < -0.39 is 0 Å². The fraction of sp³-hybridized carbons (Fsp3) is 0.476. The summed E-state index contributed by atoms with van der Waals surface area (Å²) in [6.45, 7) is 5.84. The smallest absolute Gasteiger partial charge is 0.224 e. The second-order valence-electron chi connectivity index (χ2n) is 7.18. The van der Waals surface area contributed by atoms with Gasteiger partial charge >= 0.3 is 0 Å². The van der Waals surface area contributed by atoms with Crippen molar-refractivity contribution in [2.75, 3.05) is 13.2 Å². The Labute approximate surface area is 154 Å². The molecule has 1 amide bonds. The number of thiophene rings is 1. The Bertz CT molecular complexity index is 658. The number of hydrogen-bond acceptors (Lipinski definition) is 3. The summed E-state index contributed by atoms with van der Waals surface area (Å²) in [5, 5.41) is 5.35. The Morgan fingerprint density at radius 2 is 1.92 bits per heavy atom. The van der Waals surface area contributed by atoms with Crippen molar-refractivity contribution in [3.63, 3.8) is 0 Å². The minimum absolute atomic E-state index is 0.0661. The van der Waals surface area contributed by atoms with Crippen LogP contribution in [-0.2, 0) is 16.0 Å². The molecule has 1 aliphatic heterocycles. The molecule has 2 heterocycles. The molecule has 25 heavy (non-hydrogen) atoms. The number of amides is 1. The lowest BCUT2D eigenvalue weighted by molar-refractivity contribution is -0.128. The molecule has 0 aliphatic carbocycles. The van der Waals surface area contributed by atoms with Gasteiger partial charge in [-0.05, 0) is 47.8 Å². The lowest BCUT2D eigenvalue weighted by Crippen LogP contribution is -2.36. The predicted octanol–water partition coefficient (Wildman–Crippen LogP) is 4.58. The predicted molar refractivity (Wildman–Crippen MR) is 103 cm³/mol. The van der Waals surface area contributed by atoms with Crippen LogP contribution < -0.4 is 5.32 Å². The molecule has 0 saturated carbocycles. The molecule has 1 aliphatic rings. The molecule has 1 saturated heterocycles. The first-order valence-electron chi connectivity index (χ1n) is 9.14. The van der Waals surface area contributed by atoms with Gasteiger partial charge in [0, 0.05) is 24.0 Å². The molecule has 1 unspecified atom stereocenters. The summed E-state index contributed by atoms with van der Waals surface area (Å²) < 4.78 is 5.38. The Balaban J connectivity index is 1.77. The lowest BCUT2D eigenvalue weighted by atomic mass is 9.96. The van der Waals surface area contributed by atoms with Crippen molar-refractivity contribution < 1.29 is 9.53 Å². The Morgan fingerprint density at radius 1 is 1.20 bits per heavy atom. The molecule has 1 fully saturated rings. The second-order valence-corrected chi connectivity index (χ2v) is 8.16. The van der Waals surface area contributed by atoms with Gasteiger partial charge < -0.3 is 10.1 Å². The van der Waals surface area contributed by atoms with Crippen molar-refractivity contribution in [3.05, 3.63) is 57.8 Å². The maximum atomic E-state index is 12.7. The maximum Gasteiger partial charge on any atom is 0.224 e. The van der Waals surface area contributed by atoms with Crippen LogP contribution in [0.15, 0.2) is 41.8 Å². The van der Waals surface area contributed by atoms with Gasteiger partial charge in [0.15, 0.2) is 0 Å². The number of rotatable bonds is 6. The van der Waals surface area contributed by atoms with E-state index in [9.17, 15) is 4.79 Å². The van der Waals surface area contributed by atoms with Crippen LogP contribution in [0.4, 0.5) is 0 Å². The van der Waals surface area contributed by atoms with E-state index in [2.05, 4.69) is 54.9 Å². The highest BCUT2D eigenvalue weighted by Crippen LogP contribution is 2.28. The number of ether oxygens (including phenoxy) is 1. The molecular formula is C21H27NO2S. The Morgan fingerprint density at radius 3 is 2.52 bits per heavy atom. The Hall–Kier alpha value is -1.65. The van der Waals surface area contributed by atoms with Gasteiger partial charge in [-0.1, -0.05) is 44.2 Å². The molecule has 1 aromatic carbocycles. The third kappa shape index (κ3) is 4.93. The zero-order valence-electron chi connectivity index (χ0n) is 15.0. The zero-order valence-corrected chi connectivity index (χ0v) is 15.9. The number of nitrogens with one attached hydrogen (secondary N) is 1. The minimum Gasteiger partial charge on any atom is -0.381 e. The van der Waals surface area contributed by atoms with Gasteiger partial charge in [0.1, 0.15) is 0 Å². The van der Waals surface area contributed by atoms with Crippen LogP contribution in [0.2, 0.25) is 0 Å². The largest absolute Gasteiger partial charge is 0.381 e. The summed E-state index contributed by atoms with van der Waals surface area (Å²) >= 11 is 1.69. The van der Waals surface area contributed by atoms with Crippen LogP contribution in [0.25, 0.3) is 0 Å². The first kappa shape index (κ1) is 18.2. The molecule has 3 rings (SSSR count). The average Bonchev–Trinajstić information content (AvgIpc) is 3.15. The summed E-state index contributed by atoms with van der Waals surface area (Å²) in [6.07, 6.45) is 2.71. The molecule has 1 atom stereocenters. The van der Waals surface area contributed by atoms with Gasteiger partial charge in [-0.2, -0.15) is 0 Å². The molecule has 4 heteroatoms. The molecule has 1 N–H and O–H groups in total. The van der Waals surface area contributed by atoms with Crippen LogP contribution in [0.1, 0.15) is 48.7 Å². The summed E-state index contributed by atoms with van der Waals surface area (Å²) in [5.41, 5.74) is 2.50. The zero-order chi connectivity index (χ0) is 17.6. The van der Waals surface area contributed by atoms with Gasteiger partial charge in [0.05, 0.1) is 6.04 Å². The number of carbonyl (C=O) groups is 1. The van der Waals surface area contributed by atoms with E-state index in [1.165, 1.54) is 10.4 Å². The van der Waals surface area contributed by atoms with Gasteiger partial charge in [-0.25, -0.2) is 0 Å². The fourth-order valence-electron chi connectivity index (χ4n) is 3.31. The fourth-order valence-corrected chi connectivity index (χ4v) is 4.11. The topological polar surface area (TPSA) is 38.3 Å². The van der Waals surface area contributed by atoms with Crippen molar-refractivity contribution >= 4 is 17.2 Å². The van der Waals surface area contributed by atoms with Crippen molar-refractivity contribution in [2.45, 2.75) is 39.2 Å². The van der Waals surface area contributed by atoms with Gasteiger partial charge in [0.25, 0.3) is 0 Å². The van der Waals surface area contributed by atoms with Crippen LogP contribution in [0.3, 0.4) is 0 Å². The quantitative estimate of drug-likeness (QED) is 0.822. The van der Waals surface area contributed by atoms with Gasteiger partial charge in [-0.15, -0.1) is 11.3 Å². The molecule has 2 aromatic rings. The second kappa shape index (κ2) is 8.63. The van der Waals surface area contributed by atoms with Crippen molar-refractivity contribution in [3.8, 4) is 0 Å². The van der Waals surface area contributed by atoms with E-state index in [0.717, 1.165) is 24.8 Å². The molecular weight excluding hydrogens is 330 g/mol. The summed E-state index contributed by atoms with van der Waals surface area (Å²) in [5.74, 6) is 0.858. The molecule has 3 nitrogen and oxygen atoms in total. The molecule has 0 radical (unpaired) electrons. The van der Waals surface area contributed by atoms with Crippen molar-refractivity contribution in [2.24, 2.45) is 11.8 Å². The summed E-state index contributed by atoms with van der Waals surface area (Å²) in [4.78, 5) is 13.9. The monoisotopic (exact) mass is 357 g/mol. The lowest BCUT2D eigenvalue weighted by Gasteiger charge is -2.25. The molecule has 1 aromatic heterocycles. The van der Waals surface area contributed by atoms with Gasteiger partial charge in [-0.3, -0.25) is 4.79 Å². The van der Waals surface area contributed by atoms with E-state index in [1.807, 2.05) is 6.07 Å². The molecule has 134 valence electrons. The van der Waals surface area contributed by atoms with Crippen LogP contribution in [0, 0.1) is 11.8 Å². The highest BCUT2D eigenvalue weighted by Gasteiger charge is 2.25. The number of hydrogen-bond donors (Lipinski definition) is 1. The van der Waals surface area contributed by atoms with Crippen molar-refractivity contribution in [1.82, 2.24) is 5.32 Å². The summed E-state index contributed by atoms with van der Waals surface area (Å²) in [7, 11) is 0. The minimum atomic E-state index is -0.0663. The standard InChI is InChI=1S/C21H27NO2S/c1-15(2)14-16-5-7-17(8-6-16)20(19-4-3-13-25-19)22-21(23)18-9-11-24-12-10-18/h3-8,13,15,18,20H,9-12,14H2,1-2H3,(H,22,23). The first-order valence-corrected chi connectivity index (χ1v) is 10.0. The SMILES string of the molecule is CC(C)Cc1ccc(C(NC(=O)C2CCOCC2)c2cccs2)cc1. The number of benzene rings is 1. The average molecular weight is 358 g/mol. The third-order valence-corrected chi connectivity index (χ3v) is 5.60. The van der Waals surface area contributed by atoms with E-state index in [4.69, 9.17) is 4.74 Å². The number of carbonyl (C=O) groups excluding carboxylic acids is 1. The van der Waals surface area contributed by atoms with E-state index in [-0.39, 0.29) is 17.9 Å². The van der Waals surface area contributed by atoms with Gasteiger partial charge in [0.2, 0.25) is 5.91 Å². The highest BCUT2D eigenvalue weighted by molar-refractivity contribution is 7.10.